The van der Waals surface area contributed by atoms with Crippen LogP contribution in [0, 0.1) is 17.3 Å². The number of hydrogen-bond donors (Lipinski definition) is 0. The molecule has 1 saturated heterocycles. The van der Waals surface area contributed by atoms with Crippen molar-refractivity contribution in [1.82, 2.24) is 4.90 Å². The van der Waals surface area contributed by atoms with E-state index in [-0.39, 0.29) is 5.41 Å². The van der Waals surface area contributed by atoms with Crippen LogP contribution in [0.2, 0.25) is 0 Å². The van der Waals surface area contributed by atoms with E-state index in [4.69, 9.17) is 0 Å². The second kappa shape index (κ2) is 3.92. The lowest BCUT2D eigenvalue weighted by Gasteiger charge is -2.25. The summed E-state index contributed by atoms with van der Waals surface area (Å²) in [6.07, 6.45) is 1.19. The first-order valence-electron chi connectivity index (χ1n) is 5.65. The van der Waals surface area contributed by atoms with Crippen molar-refractivity contribution >= 4 is 5.91 Å². The fourth-order valence-electron chi connectivity index (χ4n) is 2.21. The van der Waals surface area contributed by atoms with Gasteiger partial charge in [-0.3, -0.25) is 4.79 Å². The summed E-state index contributed by atoms with van der Waals surface area (Å²) in [6, 6.07) is 0. The average Bonchev–Trinajstić information content (AvgIpc) is 2.43. The van der Waals surface area contributed by atoms with Gasteiger partial charge in [0.2, 0.25) is 5.91 Å². The zero-order chi connectivity index (χ0) is 10.9. The number of amides is 1. The fraction of sp³-hybridized carbons (Fsp3) is 0.917. The first-order chi connectivity index (χ1) is 6.36. The molecule has 2 heteroatoms. The monoisotopic (exact) mass is 197 g/mol. The predicted octanol–water partition coefficient (Wildman–Crippen LogP) is 2.54. The summed E-state index contributed by atoms with van der Waals surface area (Å²) in [5, 5.41) is 0. The van der Waals surface area contributed by atoms with Crippen LogP contribution in [0.1, 0.15) is 41.0 Å². The average molecular weight is 197 g/mol. The van der Waals surface area contributed by atoms with E-state index in [0.717, 1.165) is 13.1 Å². The van der Waals surface area contributed by atoms with E-state index in [2.05, 4.69) is 13.8 Å². The quantitative estimate of drug-likeness (QED) is 0.632. The van der Waals surface area contributed by atoms with Crippen molar-refractivity contribution < 1.29 is 4.79 Å². The zero-order valence-corrected chi connectivity index (χ0v) is 10.1. The molecule has 0 saturated carbocycles. The summed E-state index contributed by atoms with van der Waals surface area (Å²) >= 11 is 0. The largest absolute Gasteiger partial charge is 0.342 e. The molecule has 0 unspecified atom stereocenters. The molecule has 1 amide bonds. The third-order valence-corrected chi connectivity index (χ3v) is 3.22. The third-order valence-electron chi connectivity index (χ3n) is 3.22. The molecule has 2 nitrogen and oxygen atoms in total. The molecule has 2 atom stereocenters. The van der Waals surface area contributed by atoms with Crippen LogP contribution in [0.5, 0.6) is 0 Å². The van der Waals surface area contributed by atoms with Crippen LogP contribution in [0.4, 0.5) is 0 Å². The zero-order valence-electron chi connectivity index (χ0n) is 10.1. The molecule has 0 aromatic carbocycles. The lowest BCUT2D eigenvalue weighted by atomic mass is 9.95. The Morgan fingerprint density at radius 1 is 1.36 bits per heavy atom. The SMILES string of the molecule is CC[C@H]1CN(C(=O)C(C)(C)C)C[C@H]1C. The molecule has 1 fully saturated rings. The number of hydrogen-bond acceptors (Lipinski definition) is 1. The molecule has 0 radical (unpaired) electrons. The van der Waals surface area contributed by atoms with Crippen LogP contribution < -0.4 is 0 Å². The van der Waals surface area contributed by atoms with Gasteiger partial charge in [-0.15, -0.1) is 0 Å². The molecular formula is C12H23NO. The van der Waals surface area contributed by atoms with Gasteiger partial charge < -0.3 is 4.90 Å². The van der Waals surface area contributed by atoms with E-state index < -0.39 is 0 Å². The van der Waals surface area contributed by atoms with Gasteiger partial charge in [-0.1, -0.05) is 41.0 Å². The minimum Gasteiger partial charge on any atom is -0.342 e. The lowest BCUT2D eigenvalue weighted by Crippen LogP contribution is -2.38. The van der Waals surface area contributed by atoms with Gasteiger partial charge in [0.1, 0.15) is 0 Å². The van der Waals surface area contributed by atoms with Crippen molar-refractivity contribution in [3.8, 4) is 0 Å². The van der Waals surface area contributed by atoms with Crippen molar-refractivity contribution in [3.05, 3.63) is 0 Å². The van der Waals surface area contributed by atoms with E-state index in [1.54, 1.807) is 0 Å². The highest BCUT2D eigenvalue weighted by Gasteiger charge is 2.35. The van der Waals surface area contributed by atoms with Crippen LogP contribution >= 0.6 is 0 Å². The lowest BCUT2D eigenvalue weighted by molar-refractivity contribution is -0.138. The van der Waals surface area contributed by atoms with E-state index >= 15 is 0 Å². The maximum absolute atomic E-state index is 12.0. The molecule has 1 heterocycles. The molecule has 0 bridgehead atoms. The number of carbonyl (C=O) groups is 1. The number of likely N-dealkylation sites (tertiary alicyclic amines) is 1. The molecule has 0 spiro atoms. The van der Waals surface area contributed by atoms with Gasteiger partial charge in [-0.05, 0) is 11.8 Å². The van der Waals surface area contributed by atoms with E-state index in [1.165, 1.54) is 6.42 Å². The Hall–Kier alpha value is -0.530. The van der Waals surface area contributed by atoms with Crippen molar-refractivity contribution in [3.63, 3.8) is 0 Å². The van der Waals surface area contributed by atoms with Gasteiger partial charge in [0.05, 0.1) is 0 Å². The number of carbonyl (C=O) groups excluding carboxylic acids is 1. The third kappa shape index (κ3) is 2.28. The molecule has 1 rings (SSSR count). The first kappa shape index (κ1) is 11.5. The first-order valence-corrected chi connectivity index (χ1v) is 5.65. The molecule has 0 N–H and O–H groups in total. The second-order valence-corrected chi connectivity index (χ2v) is 5.61. The molecule has 0 aliphatic carbocycles. The Balaban J connectivity index is 2.62. The van der Waals surface area contributed by atoms with Crippen LogP contribution in [-0.2, 0) is 4.79 Å². The molecule has 14 heavy (non-hydrogen) atoms. The fourth-order valence-corrected chi connectivity index (χ4v) is 2.21. The van der Waals surface area contributed by atoms with Crippen molar-refractivity contribution in [2.45, 2.75) is 41.0 Å². The minimum absolute atomic E-state index is 0.220. The van der Waals surface area contributed by atoms with Crippen LogP contribution in [0.3, 0.4) is 0 Å². The molecule has 1 aliphatic rings. The van der Waals surface area contributed by atoms with E-state index in [0.29, 0.717) is 17.7 Å². The number of nitrogens with zero attached hydrogens (tertiary/aromatic N) is 1. The summed E-state index contributed by atoms with van der Waals surface area (Å²) < 4.78 is 0. The smallest absolute Gasteiger partial charge is 0.227 e. The molecule has 82 valence electrons. The molecule has 1 aliphatic heterocycles. The van der Waals surface area contributed by atoms with Crippen LogP contribution in [-0.4, -0.2) is 23.9 Å². The maximum Gasteiger partial charge on any atom is 0.227 e. The van der Waals surface area contributed by atoms with Gasteiger partial charge in [0, 0.05) is 18.5 Å². The topological polar surface area (TPSA) is 20.3 Å². The van der Waals surface area contributed by atoms with Crippen molar-refractivity contribution in [1.29, 1.82) is 0 Å². The molecule has 0 aromatic heterocycles. The standard InChI is InChI=1S/C12H23NO/c1-6-10-8-13(7-9(10)2)11(14)12(3,4)5/h9-10H,6-8H2,1-5H3/t9-,10+/m1/s1. The summed E-state index contributed by atoms with van der Waals surface area (Å²) in [7, 11) is 0. The molecule has 0 aromatic rings. The van der Waals surface area contributed by atoms with Gasteiger partial charge >= 0.3 is 0 Å². The van der Waals surface area contributed by atoms with Crippen molar-refractivity contribution in [2.24, 2.45) is 17.3 Å². The Morgan fingerprint density at radius 2 is 1.93 bits per heavy atom. The normalized spacial score (nSPS) is 28.2. The summed E-state index contributed by atoms with van der Waals surface area (Å²) in [5.41, 5.74) is -0.220. The Bertz CT molecular complexity index is 217. The summed E-state index contributed by atoms with van der Waals surface area (Å²) in [4.78, 5) is 14.0. The van der Waals surface area contributed by atoms with Gasteiger partial charge in [0.15, 0.2) is 0 Å². The van der Waals surface area contributed by atoms with Crippen molar-refractivity contribution in [2.75, 3.05) is 13.1 Å². The Morgan fingerprint density at radius 3 is 2.29 bits per heavy atom. The highest BCUT2D eigenvalue weighted by molar-refractivity contribution is 5.81. The highest BCUT2D eigenvalue weighted by atomic mass is 16.2. The van der Waals surface area contributed by atoms with E-state index in [1.807, 2.05) is 25.7 Å². The van der Waals surface area contributed by atoms with Gasteiger partial charge in [-0.2, -0.15) is 0 Å². The number of rotatable bonds is 1. The van der Waals surface area contributed by atoms with Crippen LogP contribution in [0.25, 0.3) is 0 Å². The second-order valence-electron chi connectivity index (χ2n) is 5.61. The van der Waals surface area contributed by atoms with Gasteiger partial charge in [0.25, 0.3) is 0 Å². The van der Waals surface area contributed by atoms with Crippen LogP contribution in [0.15, 0.2) is 0 Å². The maximum atomic E-state index is 12.0. The Labute approximate surface area is 87.7 Å². The van der Waals surface area contributed by atoms with E-state index in [9.17, 15) is 4.79 Å². The highest BCUT2D eigenvalue weighted by Crippen LogP contribution is 2.29. The minimum atomic E-state index is -0.220. The summed E-state index contributed by atoms with van der Waals surface area (Å²) in [5.74, 6) is 1.69. The summed E-state index contributed by atoms with van der Waals surface area (Å²) in [6.45, 7) is 12.4. The predicted molar refractivity (Wildman–Crippen MR) is 59.0 cm³/mol. The molecular weight excluding hydrogens is 174 g/mol. The Kier molecular flexibility index (Phi) is 3.23. The van der Waals surface area contributed by atoms with Gasteiger partial charge in [-0.25, -0.2) is 0 Å².